The molecule has 20 heavy (non-hydrogen) atoms. The van der Waals surface area contributed by atoms with Crippen molar-refractivity contribution in [2.45, 2.75) is 13.0 Å². The van der Waals surface area contributed by atoms with Gasteiger partial charge in [-0.1, -0.05) is 18.1 Å². The van der Waals surface area contributed by atoms with Gasteiger partial charge in [0.2, 0.25) is 0 Å². The summed E-state index contributed by atoms with van der Waals surface area (Å²) in [5.74, 6) is 0.706. The van der Waals surface area contributed by atoms with E-state index in [0.29, 0.717) is 12.0 Å². The quantitative estimate of drug-likeness (QED) is 0.382. The van der Waals surface area contributed by atoms with Gasteiger partial charge in [-0.3, -0.25) is 0 Å². The van der Waals surface area contributed by atoms with Crippen molar-refractivity contribution in [1.82, 2.24) is 4.90 Å². The van der Waals surface area contributed by atoms with Gasteiger partial charge in [-0.25, -0.2) is 0 Å². The Bertz CT molecular complexity index is 518. The van der Waals surface area contributed by atoms with Crippen molar-refractivity contribution in [3.8, 4) is 0 Å². The maximum atomic E-state index is 8.99. The first-order valence-corrected chi connectivity index (χ1v) is 7.42. The van der Waals surface area contributed by atoms with Gasteiger partial charge in [0.25, 0.3) is 0 Å². The van der Waals surface area contributed by atoms with Gasteiger partial charge in [0.05, 0.1) is 5.56 Å². The summed E-state index contributed by atoms with van der Waals surface area (Å²) in [6.45, 7) is 4.16. The number of halogens is 1. The number of benzene rings is 1. The average Bonchev–Trinajstić information content (AvgIpc) is 2.79. The molecule has 2 atom stereocenters. The van der Waals surface area contributed by atoms with Crippen LogP contribution in [0.15, 0.2) is 27.8 Å². The summed E-state index contributed by atoms with van der Waals surface area (Å²) in [6, 6.07) is 6.40. The monoisotopic (exact) mass is 340 g/mol. The largest absolute Gasteiger partial charge is 0.409 e. The Kier molecular flexibility index (Phi) is 4.55. The average molecular weight is 341 g/mol. The van der Waals surface area contributed by atoms with Gasteiger partial charge in [0, 0.05) is 29.3 Å². The standard InChI is InChI=1S/C14H21BrN4O/c1-9-7-19(8-12(9)18(2)3)11-6-4-5-10(15)13(11)14(16)17-20/h4-6,9,12,20H,7-8H2,1-3H3,(H2,16,17). The first kappa shape index (κ1) is 15.1. The Morgan fingerprint density at radius 3 is 2.70 bits per heavy atom. The molecule has 1 aromatic carbocycles. The molecule has 1 aliphatic rings. The van der Waals surface area contributed by atoms with Crippen LogP contribution in [-0.4, -0.2) is 49.2 Å². The summed E-state index contributed by atoms with van der Waals surface area (Å²) in [4.78, 5) is 4.55. The third-order valence-electron chi connectivity index (χ3n) is 3.93. The Hall–Kier alpha value is -1.27. The number of hydrogen-bond donors (Lipinski definition) is 2. The molecule has 110 valence electrons. The number of amidine groups is 1. The van der Waals surface area contributed by atoms with Gasteiger partial charge in [-0.2, -0.15) is 0 Å². The fourth-order valence-electron chi connectivity index (χ4n) is 2.90. The molecule has 2 unspecified atom stereocenters. The van der Waals surface area contributed by atoms with Crippen molar-refractivity contribution in [2.24, 2.45) is 16.8 Å². The van der Waals surface area contributed by atoms with Crippen LogP contribution in [-0.2, 0) is 0 Å². The van der Waals surface area contributed by atoms with E-state index < -0.39 is 0 Å². The van der Waals surface area contributed by atoms with Crippen molar-refractivity contribution in [1.29, 1.82) is 0 Å². The highest BCUT2D eigenvalue weighted by atomic mass is 79.9. The second kappa shape index (κ2) is 6.01. The highest BCUT2D eigenvalue weighted by Crippen LogP contribution is 2.32. The van der Waals surface area contributed by atoms with Crippen LogP contribution < -0.4 is 10.6 Å². The first-order chi connectivity index (χ1) is 9.45. The number of hydrogen-bond acceptors (Lipinski definition) is 4. The zero-order valence-corrected chi connectivity index (χ0v) is 13.6. The smallest absolute Gasteiger partial charge is 0.173 e. The van der Waals surface area contributed by atoms with Crippen LogP contribution in [0.5, 0.6) is 0 Å². The zero-order chi connectivity index (χ0) is 14.9. The highest BCUT2D eigenvalue weighted by Gasteiger charge is 2.32. The van der Waals surface area contributed by atoms with E-state index in [2.05, 4.69) is 51.9 Å². The molecule has 0 saturated carbocycles. The summed E-state index contributed by atoms with van der Waals surface area (Å²) >= 11 is 3.49. The lowest BCUT2D eigenvalue weighted by molar-refractivity contribution is 0.266. The Labute approximate surface area is 128 Å². The minimum Gasteiger partial charge on any atom is -0.409 e. The molecule has 3 N–H and O–H groups in total. The molecule has 1 fully saturated rings. The molecule has 0 aliphatic carbocycles. The first-order valence-electron chi connectivity index (χ1n) is 6.63. The number of likely N-dealkylation sites (N-methyl/N-ethyl adjacent to an activating group) is 1. The Balaban J connectivity index is 2.38. The molecule has 6 heteroatoms. The van der Waals surface area contributed by atoms with E-state index in [1.54, 1.807) is 0 Å². The molecule has 0 amide bonds. The van der Waals surface area contributed by atoms with Gasteiger partial charge in [0.15, 0.2) is 5.84 Å². The summed E-state index contributed by atoms with van der Waals surface area (Å²) in [5.41, 5.74) is 7.58. The molecular weight excluding hydrogens is 320 g/mol. The van der Waals surface area contributed by atoms with Crippen LogP contribution in [0.2, 0.25) is 0 Å². The SMILES string of the molecule is CC1CN(c2cccc(Br)c2/C(N)=N/O)CC1N(C)C. The molecule has 1 aliphatic heterocycles. The molecule has 1 saturated heterocycles. The molecule has 0 radical (unpaired) electrons. The molecule has 0 spiro atoms. The third-order valence-corrected chi connectivity index (χ3v) is 4.59. The number of rotatable bonds is 3. The van der Waals surface area contributed by atoms with Gasteiger partial charge in [-0.05, 0) is 48.1 Å². The highest BCUT2D eigenvalue weighted by molar-refractivity contribution is 9.10. The summed E-state index contributed by atoms with van der Waals surface area (Å²) in [5, 5.41) is 12.1. The zero-order valence-electron chi connectivity index (χ0n) is 12.0. The normalized spacial score (nSPS) is 23.6. The van der Waals surface area contributed by atoms with Gasteiger partial charge < -0.3 is 20.7 Å². The fraction of sp³-hybridized carbons (Fsp3) is 0.500. The lowest BCUT2D eigenvalue weighted by atomic mass is 10.1. The number of oxime groups is 1. The van der Waals surface area contributed by atoms with E-state index in [1.807, 2.05) is 18.2 Å². The predicted molar refractivity (Wildman–Crippen MR) is 85.5 cm³/mol. The number of anilines is 1. The van der Waals surface area contributed by atoms with Crippen LogP contribution in [0.3, 0.4) is 0 Å². The van der Waals surface area contributed by atoms with Gasteiger partial charge >= 0.3 is 0 Å². The van der Waals surface area contributed by atoms with E-state index in [1.165, 1.54) is 0 Å². The summed E-state index contributed by atoms with van der Waals surface area (Å²) in [7, 11) is 4.21. The second-order valence-electron chi connectivity index (χ2n) is 5.53. The van der Waals surface area contributed by atoms with E-state index >= 15 is 0 Å². The molecular formula is C14H21BrN4O. The molecule has 0 aromatic heterocycles. The maximum absolute atomic E-state index is 8.99. The van der Waals surface area contributed by atoms with Crippen molar-refractivity contribution < 1.29 is 5.21 Å². The van der Waals surface area contributed by atoms with E-state index in [0.717, 1.165) is 28.8 Å². The van der Waals surface area contributed by atoms with E-state index in [9.17, 15) is 0 Å². The van der Waals surface area contributed by atoms with Gasteiger partial charge in [-0.15, -0.1) is 0 Å². The van der Waals surface area contributed by atoms with E-state index in [4.69, 9.17) is 10.9 Å². The molecule has 2 rings (SSSR count). The van der Waals surface area contributed by atoms with Crippen molar-refractivity contribution in [2.75, 3.05) is 32.1 Å². The number of nitrogens with zero attached hydrogens (tertiary/aromatic N) is 3. The predicted octanol–water partition coefficient (Wildman–Crippen LogP) is 1.93. The van der Waals surface area contributed by atoms with Crippen molar-refractivity contribution >= 4 is 27.5 Å². The molecule has 1 aromatic rings. The fourth-order valence-corrected chi connectivity index (χ4v) is 3.46. The van der Waals surface area contributed by atoms with Crippen LogP contribution >= 0.6 is 15.9 Å². The van der Waals surface area contributed by atoms with Crippen molar-refractivity contribution in [3.05, 3.63) is 28.2 Å². The molecule has 0 bridgehead atoms. The lowest BCUT2D eigenvalue weighted by Gasteiger charge is -2.24. The van der Waals surface area contributed by atoms with Crippen molar-refractivity contribution in [3.63, 3.8) is 0 Å². The maximum Gasteiger partial charge on any atom is 0.173 e. The molecule has 5 nitrogen and oxygen atoms in total. The summed E-state index contributed by atoms with van der Waals surface area (Å²) < 4.78 is 0.839. The number of nitrogens with two attached hydrogens (primary N) is 1. The van der Waals surface area contributed by atoms with Crippen LogP contribution in [0.25, 0.3) is 0 Å². The van der Waals surface area contributed by atoms with Crippen LogP contribution in [0.1, 0.15) is 12.5 Å². The Morgan fingerprint density at radius 2 is 2.15 bits per heavy atom. The topological polar surface area (TPSA) is 65.1 Å². The molecule has 1 heterocycles. The lowest BCUT2D eigenvalue weighted by Crippen LogP contribution is -2.34. The summed E-state index contributed by atoms with van der Waals surface area (Å²) in [6.07, 6.45) is 0. The second-order valence-corrected chi connectivity index (χ2v) is 6.39. The van der Waals surface area contributed by atoms with Crippen LogP contribution in [0, 0.1) is 5.92 Å². The van der Waals surface area contributed by atoms with Gasteiger partial charge in [0.1, 0.15) is 0 Å². The third kappa shape index (κ3) is 2.76. The van der Waals surface area contributed by atoms with E-state index in [-0.39, 0.29) is 5.84 Å². The minimum atomic E-state index is 0.133. The Morgan fingerprint density at radius 1 is 1.45 bits per heavy atom. The minimum absolute atomic E-state index is 0.133. The van der Waals surface area contributed by atoms with Crippen LogP contribution in [0.4, 0.5) is 5.69 Å².